The van der Waals surface area contributed by atoms with Crippen LogP contribution in [0.4, 0.5) is 23.2 Å². The van der Waals surface area contributed by atoms with Gasteiger partial charge in [-0.3, -0.25) is 4.79 Å². The molecule has 0 unspecified atom stereocenters. The second-order valence-corrected chi connectivity index (χ2v) is 6.71. The summed E-state index contributed by atoms with van der Waals surface area (Å²) in [7, 11) is 0. The minimum Gasteiger partial charge on any atom is -0.482 e. The number of benzene rings is 1. The van der Waals surface area contributed by atoms with Crippen molar-refractivity contribution < 1.29 is 31.8 Å². The van der Waals surface area contributed by atoms with E-state index in [-0.39, 0.29) is 28.7 Å². The van der Waals surface area contributed by atoms with Crippen LogP contribution in [-0.2, 0) is 10.3 Å². The van der Waals surface area contributed by atoms with E-state index < -0.39 is 30.1 Å². The first kappa shape index (κ1) is 21.3. The van der Waals surface area contributed by atoms with Gasteiger partial charge in [0, 0.05) is 30.4 Å². The van der Waals surface area contributed by atoms with Crippen molar-refractivity contribution in [2.75, 3.05) is 18.5 Å². The summed E-state index contributed by atoms with van der Waals surface area (Å²) in [4.78, 5) is 20.3. The quantitative estimate of drug-likeness (QED) is 0.715. The van der Waals surface area contributed by atoms with Gasteiger partial charge in [-0.25, -0.2) is 14.4 Å². The topological polar surface area (TPSA) is 98.8 Å². The first-order valence-electron chi connectivity index (χ1n) is 8.82. The number of amidine groups is 1. The second-order valence-electron chi connectivity index (χ2n) is 6.71. The Kier molecular flexibility index (Phi) is 5.81. The molecule has 0 saturated carbocycles. The molecule has 0 saturated heterocycles. The average Bonchev–Trinajstić information content (AvgIpc) is 2.67. The van der Waals surface area contributed by atoms with E-state index in [0.29, 0.717) is 13.0 Å². The number of alkyl halides is 3. The fourth-order valence-corrected chi connectivity index (χ4v) is 2.92. The zero-order valence-electron chi connectivity index (χ0n) is 15.8. The molecule has 7 nitrogen and oxygen atoms in total. The van der Waals surface area contributed by atoms with Crippen LogP contribution in [0, 0.1) is 5.82 Å². The summed E-state index contributed by atoms with van der Waals surface area (Å²) in [6.45, 7) is 0.408. The van der Waals surface area contributed by atoms with Crippen molar-refractivity contribution in [1.29, 1.82) is 0 Å². The van der Waals surface area contributed by atoms with Crippen molar-refractivity contribution in [3.05, 3.63) is 53.6 Å². The van der Waals surface area contributed by atoms with Crippen molar-refractivity contribution in [2.24, 2.45) is 10.7 Å². The van der Waals surface area contributed by atoms with Gasteiger partial charge < -0.3 is 20.5 Å². The summed E-state index contributed by atoms with van der Waals surface area (Å²) in [6, 6.07) is 6.28. The van der Waals surface area contributed by atoms with Crippen molar-refractivity contribution in [3.63, 3.8) is 0 Å². The summed E-state index contributed by atoms with van der Waals surface area (Å²) in [5.41, 5.74) is 4.50. The fourth-order valence-electron chi connectivity index (χ4n) is 2.92. The lowest BCUT2D eigenvalue weighted by atomic mass is 9.90. The highest BCUT2D eigenvalue weighted by molar-refractivity contribution is 6.04. The minimum absolute atomic E-state index is 0.0717. The number of hydrogen-bond donors (Lipinski definition) is 2. The van der Waals surface area contributed by atoms with Crippen LogP contribution >= 0.6 is 0 Å². The molecule has 1 atom stereocenters. The highest BCUT2D eigenvalue weighted by atomic mass is 19.4. The number of aliphatic imine (C=N–C) groups is 1. The Labute approximate surface area is 168 Å². The lowest BCUT2D eigenvalue weighted by Gasteiger charge is -2.33. The third kappa shape index (κ3) is 4.97. The van der Waals surface area contributed by atoms with Crippen LogP contribution in [0.3, 0.4) is 0 Å². The highest BCUT2D eigenvalue weighted by Gasteiger charge is 2.35. The maximum Gasteiger partial charge on any atom is 0.422 e. The van der Waals surface area contributed by atoms with Gasteiger partial charge in [0.1, 0.15) is 11.4 Å². The third-order valence-corrected chi connectivity index (χ3v) is 4.36. The number of amides is 1. The van der Waals surface area contributed by atoms with Crippen LogP contribution in [-0.4, -0.2) is 36.2 Å². The molecule has 3 rings (SSSR count). The van der Waals surface area contributed by atoms with Crippen LogP contribution < -0.4 is 15.8 Å². The molecular formula is C19H18F4N4O3. The summed E-state index contributed by atoms with van der Waals surface area (Å²) < 4.78 is 61.9. The predicted molar refractivity (Wildman–Crippen MR) is 99.7 cm³/mol. The van der Waals surface area contributed by atoms with Crippen molar-refractivity contribution in [3.8, 4) is 5.75 Å². The molecule has 0 aliphatic carbocycles. The zero-order chi connectivity index (χ0) is 21.9. The lowest BCUT2D eigenvalue weighted by molar-refractivity contribution is -0.153. The van der Waals surface area contributed by atoms with Gasteiger partial charge in [-0.05, 0) is 37.3 Å². The van der Waals surface area contributed by atoms with Gasteiger partial charge in [-0.2, -0.15) is 13.2 Å². The molecule has 1 aliphatic rings. The number of rotatable bonds is 5. The van der Waals surface area contributed by atoms with E-state index in [4.69, 9.17) is 10.5 Å². The van der Waals surface area contributed by atoms with E-state index in [1.54, 1.807) is 6.92 Å². The molecule has 0 radical (unpaired) electrons. The average molecular weight is 426 g/mol. The number of aromatic nitrogens is 1. The number of hydrogen-bond acceptors (Lipinski definition) is 6. The van der Waals surface area contributed by atoms with Gasteiger partial charge in [-0.1, -0.05) is 0 Å². The molecule has 1 aromatic heterocycles. The molecule has 30 heavy (non-hydrogen) atoms. The first-order valence-corrected chi connectivity index (χ1v) is 8.82. The number of carbonyl (C=O) groups excluding carboxylic acids is 1. The van der Waals surface area contributed by atoms with Gasteiger partial charge in [-0.15, -0.1) is 0 Å². The van der Waals surface area contributed by atoms with Crippen molar-refractivity contribution in [1.82, 2.24) is 4.98 Å². The Hall–Kier alpha value is -3.37. The normalized spacial score (nSPS) is 18.9. The van der Waals surface area contributed by atoms with E-state index in [9.17, 15) is 22.4 Å². The van der Waals surface area contributed by atoms with Gasteiger partial charge in [0.25, 0.3) is 11.9 Å². The molecule has 11 heteroatoms. The summed E-state index contributed by atoms with van der Waals surface area (Å²) in [6.07, 6.45) is -2.97. The molecule has 160 valence electrons. The molecule has 2 aromatic rings. The second kappa shape index (κ2) is 8.17. The van der Waals surface area contributed by atoms with Crippen LogP contribution in [0.2, 0.25) is 0 Å². The Morgan fingerprint density at radius 1 is 1.37 bits per heavy atom. The number of nitrogens with two attached hydrogens (primary N) is 1. The molecule has 1 amide bonds. The van der Waals surface area contributed by atoms with E-state index in [1.807, 2.05) is 0 Å². The summed E-state index contributed by atoms with van der Waals surface area (Å²) >= 11 is 0. The van der Waals surface area contributed by atoms with E-state index in [1.165, 1.54) is 30.5 Å². The Morgan fingerprint density at radius 3 is 2.83 bits per heavy atom. The first-order chi connectivity index (χ1) is 14.1. The number of halogens is 4. The van der Waals surface area contributed by atoms with Gasteiger partial charge >= 0.3 is 6.18 Å². The predicted octanol–water partition coefficient (Wildman–Crippen LogP) is 3.36. The number of pyridine rings is 1. The van der Waals surface area contributed by atoms with E-state index in [0.717, 1.165) is 6.07 Å². The highest BCUT2D eigenvalue weighted by Crippen LogP contribution is 2.35. The van der Waals surface area contributed by atoms with Gasteiger partial charge in [0.05, 0.1) is 0 Å². The molecule has 0 spiro atoms. The fraction of sp³-hybridized carbons (Fsp3) is 0.316. The molecule has 1 aliphatic heterocycles. The Morgan fingerprint density at radius 2 is 2.13 bits per heavy atom. The smallest absolute Gasteiger partial charge is 0.422 e. The molecule has 2 heterocycles. The lowest BCUT2D eigenvalue weighted by Crippen LogP contribution is -2.38. The molecule has 0 bridgehead atoms. The largest absolute Gasteiger partial charge is 0.482 e. The van der Waals surface area contributed by atoms with Gasteiger partial charge in [0.15, 0.2) is 18.1 Å². The Balaban J connectivity index is 1.83. The SMILES string of the molecule is C[C@@]1(c2cc(NC(=O)c3ncccc3OCC(F)(F)F)ccc2F)CCN=C(N)O1. The van der Waals surface area contributed by atoms with Crippen LogP contribution in [0.1, 0.15) is 29.4 Å². The van der Waals surface area contributed by atoms with Crippen LogP contribution in [0.15, 0.2) is 41.5 Å². The zero-order valence-corrected chi connectivity index (χ0v) is 15.8. The number of anilines is 1. The van der Waals surface area contributed by atoms with Crippen molar-refractivity contribution >= 4 is 17.6 Å². The van der Waals surface area contributed by atoms with Gasteiger partial charge in [0.2, 0.25) is 0 Å². The summed E-state index contributed by atoms with van der Waals surface area (Å²) in [5, 5.41) is 2.48. The third-order valence-electron chi connectivity index (χ3n) is 4.36. The van der Waals surface area contributed by atoms with E-state index >= 15 is 0 Å². The summed E-state index contributed by atoms with van der Waals surface area (Å²) in [5.74, 6) is -1.72. The maximum atomic E-state index is 14.5. The van der Waals surface area contributed by atoms with Crippen LogP contribution in [0.25, 0.3) is 0 Å². The number of nitrogens with one attached hydrogen (secondary N) is 1. The Bertz CT molecular complexity index is 980. The standard InChI is InChI=1S/C19H18F4N4O3/c1-18(6-8-26-17(24)30-18)12-9-11(4-5-13(12)20)27-16(28)15-14(3-2-7-25-15)29-10-19(21,22)23/h2-5,7,9H,6,8,10H2,1H3,(H2,24,26)(H,27,28)/t18-/m0/s1. The maximum absolute atomic E-state index is 14.5. The van der Waals surface area contributed by atoms with Crippen LogP contribution in [0.5, 0.6) is 5.75 Å². The minimum atomic E-state index is -4.57. The number of carbonyl (C=O) groups is 1. The molecule has 3 N–H and O–H groups in total. The number of nitrogens with zero attached hydrogens (tertiary/aromatic N) is 2. The number of ether oxygens (including phenoxy) is 2. The molecular weight excluding hydrogens is 408 g/mol. The van der Waals surface area contributed by atoms with Crippen molar-refractivity contribution in [2.45, 2.75) is 25.1 Å². The molecule has 0 fully saturated rings. The molecule has 1 aromatic carbocycles. The van der Waals surface area contributed by atoms with E-state index in [2.05, 4.69) is 20.0 Å². The monoisotopic (exact) mass is 426 g/mol.